The molecule has 0 aliphatic heterocycles. The number of furan rings is 1. The Bertz CT molecular complexity index is 716. The third kappa shape index (κ3) is 2.27. The molecule has 3 aromatic rings. The molecule has 0 amide bonds. The summed E-state index contributed by atoms with van der Waals surface area (Å²) in [6.45, 7) is 2.64. The summed E-state index contributed by atoms with van der Waals surface area (Å²) >= 11 is 0. The van der Waals surface area contributed by atoms with Crippen molar-refractivity contribution in [2.24, 2.45) is 0 Å². The lowest BCUT2D eigenvalue weighted by Gasteiger charge is -2.06. The lowest BCUT2D eigenvalue weighted by molar-refractivity contribution is 0.475. The summed E-state index contributed by atoms with van der Waals surface area (Å²) in [5.74, 6) is 1.19. The van der Waals surface area contributed by atoms with Gasteiger partial charge < -0.3 is 14.8 Å². The van der Waals surface area contributed by atoms with E-state index in [0.717, 1.165) is 28.0 Å². The van der Waals surface area contributed by atoms with Gasteiger partial charge in [-0.25, -0.2) is 0 Å². The molecule has 0 aliphatic rings. The van der Waals surface area contributed by atoms with Crippen molar-refractivity contribution < 1.29 is 9.52 Å². The maximum atomic E-state index is 9.44. The molecule has 0 atom stereocenters. The van der Waals surface area contributed by atoms with Gasteiger partial charge in [0.15, 0.2) is 0 Å². The van der Waals surface area contributed by atoms with E-state index in [4.69, 9.17) is 4.42 Å². The van der Waals surface area contributed by atoms with Crippen molar-refractivity contribution in [3.63, 3.8) is 0 Å². The van der Waals surface area contributed by atoms with Gasteiger partial charge in [0.1, 0.15) is 17.1 Å². The molecule has 0 fully saturated rings. The van der Waals surface area contributed by atoms with Crippen molar-refractivity contribution in [3.05, 3.63) is 59.9 Å². The average Bonchev–Trinajstić information content (AvgIpc) is 2.72. The maximum Gasteiger partial charge on any atom is 0.134 e. The van der Waals surface area contributed by atoms with Crippen LogP contribution in [0.5, 0.6) is 5.75 Å². The fourth-order valence-corrected chi connectivity index (χ4v) is 2.25. The lowest BCUT2D eigenvalue weighted by atomic mass is 10.1. The Hall–Kier alpha value is -2.42. The number of aryl methyl sites for hydroxylation is 1. The first-order valence-electron chi connectivity index (χ1n) is 6.24. The van der Waals surface area contributed by atoms with Gasteiger partial charge in [-0.15, -0.1) is 0 Å². The molecular weight excluding hydrogens is 238 g/mol. The van der Waals surface area contributed by atoms with E-state index in [2.05, 4.69) is 11.4 Å². The SMILES string of the molecule is Cc1oc2ccccc2c1CNc1cccc(O)c1. The molecule has 2 N–H and O–H groups in total. The van der Waals surface area contributed by atoms with E-state index in [9.17, 15) is 5.11 Å². The van der Waals surface area contributed by atoms with Crippen LogP contribution < -0.4 is 5.32 Å². The molecule has 0 bridgehead atoms. The number of hydrogen-bond donors (Lipinski definition) is 2. The van der Waals surface area contributed by atoms with Gasteiger partial charge in [-0.05, 0) is 25.1 Å². The Morgan fingerprint density at radius 1 is 1.11 bits per heavy atom. The number of phenols is 1. The predicted molar refractivity (Wildman–Crippen MR) is 76.4 cm³/mol. The zero-order valence-corrected chi connectivity index (χ0v) is 10.7. The topological polar surface area (TPSA) is 45.4 Å². The van der Waals surface area contributed by atoms with Gasteiger partial charge in [0.25, 0.3) is 0 Å². The monoisotopic (exact) mass is 253 g/mol. The third-order valence-corrected chi connectivity index (χ3v) is 3.22. The second-order valence-corrected chi connectivity index (χ2v) is 4.54. The van der Waals surface area contributed by atoms with E-state index in [1.165, 1.54) is 0 Å². The van der Waals surface area contributed by atoms with Crippen LogP contribution in [0.4, 0.5) is 5.69 Å². The van der Waals surface area contributed by atoms with Crippen molar-refractivity contribution >= 4 is 16.7 Å². The number of rotatable bonds is 3. The highest BCUT2D eigenvalue weighted by molar-refractivity contribution is 5.82. The fourth-order valence-electron chi connectivity index (χ4n) is 2.25. The van der Waals surface area contributed by atoms with Crippen molar-refractivity contribution in [2.75, 3.05) is 5.32 Å². The van der Waals surface area contributed by atoms with Crippen molar-refractivity contribution in [3.8, 4) is 5.75 Å². The molecule has 19 heavy (non-hydrogen) atoms. The van der Waals surface area contributed by atoms with E-state index in [1.807, 2.05) is 37.3 Å². The predicted octanol–water partition coefficient (Wildman–Crippen LogP) is 4.06. The molecule has 3 nitrogen and oxygen atoms in total. The average molecular weight is 253 g/mol. The van der Waals surface area contributed by atoms with Gasteiger partial charge in [-0.1, -0.05) is 24.3 Å². The summed E-state index contributed by atoms with van der Waals surface area (Å²) in [5.41, 5.74) is 2.95. The van der Waals surface area contributed by atoms with Gasteiger partial charge in [-0.3, -0.25) is 0 Å². The Balaban J connectivity index is 1.87. The summed E-state index contributed by atoms with van der Waals surface area (Å²) in [6.07, 6.45) is 0. The van der Waals surface area contributed by atoms with E-state index in [1.54, 1.807) is 12.1 Å². The highest BCUT2D eigenvalue weighted by atomic mass is 16.3. The quantitative estimate of drug-likeness (QED) is 0.740. The number of hydrogen-bond acceptors (Lipinski definition) is 3. The van der Waals surface area contributed by atoms with Crippen LogP contribution in [0.3, 0.4) is 0 Å². The third-order valence-electron chi connectivity index (χ3n) is 3.22. The molecule has 0 saturated carbocycles. The van der Waals surface area contributed by atoms with Crippen LogP contribution >= 0.6 is 0 Å². The van der Waals surface area contributed by atoms with Crippen molar-refractivity contribution in [2.45, 2.75) is 13.5 Å². The smallest absolute Gasteiger partial charge is 0.134 e. The van der Waals surface area contributed by atoms with Crippen LogP contribution in [0.1, 0.15) is 11.3 Å². The number of nitrogens with one attached hydrogen (secondary N) is 1. The zero-order valence-electron chi connectivity index (χ0n) is 10.7. The van der Waals surface area contributed by atoms with Gasteiger partial charge in [0.05, 0.1) is 0 Å². The number of para-hydroxylation sites is 1. The van der Waals surface area contributed by atoms with Crippen LogP contribution in [0.25, 0.3) is 11.0 Å². The minimum Gasteiger partial charge on any atom is -0.508 e. The first-order chi connectivity index (χ1) is 9.24. The maximum absolute atomic E-state index is 9.44. The van der Waals surface area contributed by atoms with E-state index in [0.29, 0.717) is 6.54 Å². The zero-order chi connectivity index (χ0) is 13.2. The molecule has 3 heteroatoms. The summed E-state index contributed by atoms with van der Waals surface area (Å²) in [4.78, 5) is 0. The first kappa shape index (κ1) is 11.7. The first-order valence-corrected chi connectivity index (χ1v) is 6.24. The number of fused-ring (bicyclic) bond motifs is 1. The molecule has 0 spiro atoms. The lowest BCUT2D eigenvalue weighted by Crippen LogP contribution is -1.99. The normalized spacial score (nSPS) is 10.8. The summed E-state index contributed by atoms with van der Waals surface area (Å²) < 4.78 is 5.72. The molecule has 0 aliphatic carbocycles. The van der Waals surface area contributed by atoms with Crippen LogP contribution in [-0.4, -0.2) is 5.11 Å². The Kier molecular flexibility index (Phi) is 2.88. The molecule has 1 aromatic heterocycles. The Morgan fingerprint density at radius 2 is 1.95 bits per heavy atom. The largest absolute Gasteiger partial charge is 0.508 e. The van der Waals surface area contributed by atoms with Crippen molar-refractivity contribution in [1.82, 2.24) is 0 Å². The van der Waals surface area contributed by atoms with Gasteiger partial charge in [-0.2, -0.15) is 0 Å². The molecule has 0 radical (unpaired) electrons. The van der Waals surface area contributed by atoms with Crippen LogP contribution in [-0.2, 0) is 6.54 Å². The highest BCUT2D eigenvalue weighted by Crippen LogP contribution is 2.26. The molecule has 1 heterocycles. The number of aromatic hydroxyl groups is 1. The second kappa shape index (κ2) is 4.69. The van der Waals surface area contributed by atoms with Crippen LogP contribution in [0.2, 0.25) is 0 Å². The molecule has 3 rings (SSSR count). The Labute approximate surface area is 111 Å². The molecule has 96 valence electrons. The number of anilines is 1. The summed E-state index contributed by atoms with van der Waals surface area (Å²) in [5, 5.41) is 13.9. The van der Waals surface area contributed by atoms with Gasteiger partial charge in [0.2, 0.25) is 0 Å². The fraction of sp³-hybridized carbons (Fsp3) is 0.125. The van der Waals surface area contributed by atoms with Crippen LogP contribution in [0.15, 0.2) is 52.9 Å². The molecular formula is C16H15NO2. The van der Waals surface area contributed by atoms with E-state index >= 15 is 0 Å². The number of phenolic OH excluding ortho intramolecular Hbond substituents is 1. The minimum atomic E-state index is 0.263. The molecule has 0 saturated heterocycles. The highest BCUT2D eigenvalue weighted by Gasteiger charge is 2.09. The number of benzene rings is 2. The van der Waals surface area contributed by atoms with Gasteiger partial charge >= 0.3 is 0 Å². The standard InChI is InChI=1S/C16H15NO2/c1-11-15(14-7-2-3-8-16(14)19-11)10-17-12-5-4-6-13(18)9-12/h2-9,17-18H,10H2,1H3. The molecule has 0 unspecified atom stereocenters. The Morgan fingerprint density at radius 3 is 2.79 bits per heavy atom. The molecule has 2 aromatic carbocycles. The minimum absolute atomic E-state index is 0.263. The van der Waals surface area contributed by atoms with Crippen LogP contribution in [0, 0.1) is 6.92 Å². The van der Waals surface area contributed by atoms with Gasteiger partial charge in [0, 0.05) is 29.2 Å². The summed E-state index contributed by atoms with van der Waals surface area (Å²) in [6, 6.07) is 15.1. The van der Waals surface area contributed by atoms with Crippen molar-refractivity contribution in [1.29, 1.82) is 0 Å². The van der Waals surface area contributed by atoms with E-state index in [-0.39, 0.29) is 5.75 Å². The summed E-state index contributed by atoms with van der Waals surface area (Å²) in [7, 11) is 0. The van der Waals surface area contributed by atoms with E-state index < -0.39 is 0 Å². The second-order valence-electron chi connectivity index (χ2n) is 4.54.